The Labute approximate surface area is 118 Å². The van der Waals surface area contributed by atoms with Crippen LogP contribution < -0.4 is 5.73 Å². The molecule has 2 N–H and O–H groups in total. The molecule has 0 fully saturated rings. The smallest absolute Gasteiger partial charge is 0.140 e. The predicted molar refractivity (Wildman–Crippen MR) is 77.1 cm³/mol. The molecule has 2 aromatic carbocycles. The van der Waals surface area contributed by atoms with Crippen LogP contribution in [0.2, 0.25) is 0 Å². The van der Waals surface area contributed by atoms with Gasteiger partial charge < -0.3 is 5.73 Å². The summed E-state index contributed by atoms with van der Waals surface area (Å²) in [5.41, 5.74) is 8.70. The standard InChI is InChI=1S/C16H16FN3/c1-20(11-13-4-2-3-5-16(13)19)10-12-6-7-15(17)14(8-12)9-18/h2-8H,10-11,19H2,1H3. The second-order valence-corrected chi connectivity index (χ2v) is 4.80. The van der Waals surface area contributed by atoms with Crippen molar-refractivity contribution in [1.82, 2.24) is 4.90 Å². The first-order chi connectivity index (χ1) is 9.60. The number of halogens is 1. The van der Waals surface area contributed by atoms with Crippen LogP contribution in [0.1, 0.15) is 16.7 Å². The monoisotopic (exact) mass is 269 g/mol. The van der Waals surface area contributed by atoms with Gasteiger partial charge in [-0.2, -0.15) is 5.26 Å². The van der Waals surface area contributed by atoms with Gasteiger partial charge in [0.2, 0.25) is 0 Å². The van der Waals surface area contributed by atoms with E-state index < -0.39 is 5.82 Å². The first kappa shape index (κ1) is 14.0. The van der Waals surface area contributed by atoms with Crippen LogP contribution in [-0.2, 0) is 13.1 Å². The van der Waals surface area contributed by atoms with Crippen LogP contribution in [0.4, 0.5) is 10.1 Å². The van der Waals surface area contributed by atoms with Gasteiger partial charge in [0.25, 0.3) is 0 Å². The van der Waals surface area contributed by atoms with Gasteiger partial charge in [0, 0.05) is 18.8 Å². The van der Waals surface area contributed by atoms with Gasteiger partial charge in [-0.05, 0) is 36.4 Å². The molecule has 3 nitrogen and oxygen atoms in total. The molecule has 0 amide bonds. The summed E-state index contributed by atoms with van der Waals surface area (Å²) in [5.74, 6) is -0.480. The first-order valence-electron chi connectivity index (χ1n) is 6.30. The number of nitriles is 1. The minimum Gasteiger partial charge on any atom is -0.398 e. The molecule has 0 aromatic heterocycles. The Kier molecular flexibility index (Phi) is 4.34. The summed E-state index contributed by atoms with van der Waals surface area (Å²) in [4.78, 5) is 2.07. The molecular weight excluding hydrogens is 253 g/mol. The molecule has 0 atom stereocenters. The van der Waals surface area contributed by atoms with Crippen molar-refractivity contribution in [3.8, 4) is 6.07 Å². The molecule has 20 heavy (non-hydrogen) atoms. The van der Waals surface area contributed by atoms with Crippen LogP contribution in [0.3, 0.4) is 0 Å². The third-order valence-corrected chi connectivity index (χ3v) is 3.10. The lowest BCUT2D eigenvalue weighted by molar-refractivity contribution is 0.319. The maximum Gasteiger partial charge on any atom is 0.140 e. The van der Waals surface area contributed by atoms with Crippen molar-refractivity contribution in [2.24, 2.45) is 0 Å². The van der Waals surface area contributed by atoms with E-state index in [-0.39, 0.29) is 5.56 Å². The van der Waals surface area contributed by atoms with E-state index in [1.165, 1.54) is 6.07 Å². The highest BCUT2D eigenvalue weighted by atomic mass is 19.1. The number of rotatable bonds is 4. The minimum absolute atomic E-state index is 0.0788. The van der Waals surface area contributed by atoms with Crippen molar-refractivity contribution in [1.29, 1.82) is 5.26 Å². The SMILES string of the molecule is CN(Cc1ccc(F)c(C#N)c1)Cc1ccccc1N. The van der Waals surface area contributed by atoms with Crippen LogP contribution >= 0.6 is 0 Å². The molecule has 102 valence electrons. The van der Waals surface area contributed by atoms with Gasteiger partial charge in [-0.3, -0.25) is 4.90 Å². The molecule has 0 spiro atoms. The molecule has 0 unspecified atom stereocenters. The lowest BCUT2D eigenvalue weighted by Crippen LogP contribution is -2.18. The number of nitrogen functional groups attached to an aromatic ring is 1. The fourth-order valence-corrected chi connectivity index (χ4v) is 2.09. The fourth-order valence-electron chi connectivity index (χ4n) is 2.09. The number of nitrogens with zero attached hydrogens (tertiary/aromatic N) is 2. The zero-order chi connectivity index (χ0) is 14.5. The summed E-state index contributed by atoms with van der Waals surface area (Å²) in [6, 6.07) is 14.2. The molecule has 0 bridgehead atoms. The van der Waals surface area contributed by atoms with E-state index in [0.717, 1.165) is 16.8 Å². The van der Waals surface area contributed by atoms with Crippen molar-refractivity contribution in [3.63, 3.8) is 0 Å². The summed E-state index contributed by atoms with van der Waals surface area (Å²) in [6.45, 7) is 1.33. The zero-order valence-corrected chi connectivity index (χ0v) is 11.3. The average Bonchev–Trinajstić information content (AvgIpc) is 2.43. The first-order valence-corrected chi connectivity index (χ1v) is 6.30. The van der Waals surface area contributed by atoms with Gasteiger partial charge in [0.15, 0.2) is 0 Å². The Bertz CT molecular complexity index is 646. The molecule has 0 saturated heterocycles. The minimum atomic E-state index is -0.480. The molecule has 0 saturated carbocycles. The van der Waals surface area contributed by atoms with Crippen LogP contribution in [0.15, 0.2) is 42.5 Å². The van der Waals surface area contributed by atoms with E-state index in [9.17, 15) is 4.39 Å². The Morgan fingerprint density at radius 3 is 2.65 bits per heavy atom. The summed E-state index contributed by atoms with van der Waals surface area (Å²) in [5, 5.41) is 8.83. The largest absolute Gasteiger partial charge is 0.398 e. The summed E-state index contributed by atoms with van der Waals surface area (Å²) in [7, 11) is 1.96. The molecule has 0 aliphatic rings. The summed E-state index contributed by atoms with van der Waals surface area (Å²) < 4.78 is 13.3. The van der Waals surface area contributed by atoms with Crippen molar-refractivity contribution in [2.75, 3.05) is 12.8 Å². The van der Waals surface area contributed by atoms with Gasteiger partial charge in [-0.15, -0.1) is 0 Å². The molecular formula is C16H16FN3. The van der Waals surface area contributed by atoms with Gasteiger partial charge in [0.1, 0.15) is 11.9 Å². The second kappa shape index (κ2) is 6.18. The Morgan fingerprint density at radius 1 is 1.20 bits per heavy atom. The van der Waals surface area contributed by atoms with Gasteiger partial charge in [0.05, 0.1) is 5.56 Å². The molecule has 4 heteroatoms. The van der Waals surface area contributed by atoms with Crippen molar-refractivity contribution < 1.29 is 4.39 Å². The molecule has 0 radical (unpaired) electrons. The van der Waals surface area contributed by atoms with E-state index in [0.29, 0.717) is 13.1 Å². The Morgan fingerprint density at radius 2 is 1.95 bits per heavy atom. The molecule has 0 heterocycles. The normalized spacial score (nSPS) is 10.5. The maximum atomic E-state index is 13.3. The quantitative estimate of drug-likeness (QED) is 0.868. The highest BCUT2D eigenvalue weighted by Gasteiger charge is 2.07. The third kappa shape index (κ3) is 3.34. The highest BCUT2D eigenvalue weighted by Crippen LogP contribution is 2.15. The van der Waals surface area contributed by atoms with Gasteiger partial charge in [-0.25, -0.2) is 4.39 Å². The number of benzene rings is 2. The number of nitrogens with two attached hydrogens (primary N) is 1. The number of hydrogen-bond donors (Lipinski definition) is 1. The van der Waals surface area contributed by atoms with Crippen LogP contribution in [0.25, 0.3) is 0 Å². The van der Waals surface area contributed by atoms with E-state index in [1.54, 1.807) is 12.1 Å². The maximum absolute atomic E-state index is 13.3. The zero-order valence-electron chi connectivity index (χ0n) is 11.3. The van der Waals surface area contributed by atoms with E-state index in [4.69, 9.17) is 11.0 Å². The molecule has 2 aromatic rings. The highest BCUT2D eigenvalue weighted by molar-refractivity contribution is 5.46. The number of anilines is 1. The number of hydrogen-bond acceptors (Lipinski definition) is 3. The lowest BCUT2D eigenvalue weighted by atomic mass is 10.1. The van der Waals surface area contributed by atoms with E-state index in [1.807, 2.05) is 37.4 Å². The second-order valence-electron chi connectivity index (χ2n) is 4.80. The average molecular weight is 269 g/mol. The van der Waals surface area contributed by atoms with Gasteiger partial charge in [-0.1, -0.05) is 24.3 Å². The van der Waals surface area contributed by atoms with Crippen molar-refractivity contribution in [2.45, 2.75) is 13.1 Å². The lowest BCUT2D eigenvalue weighted by Gasteiger charge is -2.18. The van der Waals surface area contributed by atoms with Crippen LogP contribution in [0.5, 0.6) is 0 Å². The molecule has 0 aliphatic carbocycles. The van der Waals surface area contributed by atoms with E-state index >= 15 is 0 Å². The molecule has 2 rings (SSSR count). The molecule has 0 aliphatic heterocycles. The number of para-hydroxylation sites is 1. The third-order valence-electron chi connectivity index (χ3n) is 3.10. The van der Waals surface area contributed by atoms with Crippen LogP contribution in [-0.4, -0.2) is 11.9 Å². The summed E-state index contributed by atoms with van der Waals surface area (Å²) >= 11 is 0. The predicted octanol–water partition coefficient (Wildman–Crippen LogP) is 2.91. The van der Waals surface area contributed by atoms with Crippen molar-refractivity contribution in [3.05, 3.63) is 65.0 Å². The van der Waals surface area contributed by atoms with Crippen molar-refractivity contribution >= 4 is 5.69 Å². The van der Waals surface area contributed by atoms with Gasteiger partial charge >= 0.3 is 0 Å². The van der Waals surface area contributed by atoms with E-state index in [2.05, 4.69) is 4.90 Å². The fraction of sp³-hybridized carbons (Fsp3) is 0.188. The summed E-state index contributed by atoms with van der Waals surface area (Å²) in [6.07, 6.45) is 0. The Hall–Kier alpha value is -2.38. The van der Waals surface area contributed by atoms with Crippen LogP contribution in [0, 0.1) is 17.1 Å². The Balaban J connectivity index is 2.07. The topological polar surface area (TPSA) is 53.0 Å².